The minimum atomic E-state index is 0.655. The number of pyridine rings is 1. The second-order valence-electron chi connectivity index (χ2n) is 5.17. The molecule has 3 heterocycles. The van der Waals surface area contributed by atoms with E-state index in [1.165, 1.54) is 36.9 Å². The lowest BCUT2D eigenvalue weighted by atomic mass is 10.1. The Hall–Kier alpha value is -1.39. The van der Waals surface area contributed by atoms with E-state index in [2.05, 4.69) is 39.5 Å². The van der Waals surface area contributed by atoms with Gasteiger partial charge >= 0.3 is 0 Å². The first-order valence-electron chi connectivity index (χ1n) is 6.66. The summed E-state index contributed by atoms with van der Waals surface area (Å²) in [5.74, 6) is 0. The topological polar surface area (TPSA) is 44.0 Å². The van der Waals surface area contributed by atoms with Gasteiger partial charge in [0.15, 0.2) is 0 Å². The van der Waals surface area contributed by atoms with E-state index < -0.39 is 0 Å². The van der Waals surface area contributed by atoms with Crippen LogP contribution in [0, 0.1) is 0 Å². The summed E-state index contributed by atoms with van der Waals surface area (Å²) in [7, 11) is 2.20. The molecule has 0 aromatic carbocycles. The first-order chi connectivity index (χ1) is 8.83. The van der Waals surface area contributed by atoms with E-state index in [4.69, 9.17) is 0 Å². The van der Waals surface area contributed by atoms with E-state index in [1.807, 2.05) is 12.3 Å². The van der Waals surface area contributed by atoms with Crippen LogP contribution in [-0.4, -0.2) is 41.0 Å². The van der Waals surface area contributed by atoms with Gasteiger partial charge in [-0.2, -0.15) is 0 Å². The molecule has 0 saturated carbocycles. The molecule has 2 N–H and O–H groups in total. The fraction of sp³-hybridized carbons (Fsp3) is 0.500. The SMILES string of the molecule is CN1CCC(NCc2c[nH]c3ncccc23)CC1. The predicted molar refractivity (Wildman–Crippen MR) is 73.5 cm³/mol. The molecule has 18 heavy (non-hydrogen) atoms. The molecule has 0 radical (unpaired) electrons. The Morgan fingerprint density at radius 2 is 2.28 bits per heavy atom. The Morgan fingerprint density at radius 3 is 3.11 bits per heavy atom. The number of piperidine rings is 1. The summed E-state index contributed by atoms with van der Waals surface area (Å²) in [6.07, 6.45) is 6.39. The fourth-order valence-corrected chi connectivity index (χ4v) is 2.63. The maximum atomic E-state index is 4.32. The maximum Gasteiger partial charge on any atom is 0.137 e. The van der Waals surface area contributed by atoms with E-state index in [0.717, 1.165) is 12.2 Å². The van der Waals surface area contributed by atoms with Crippen LogP contribution in [-0.2, 0) is 6.54 Å². The molecule has 0 unspecified atom stereocenters. The van der Waals surface area contributed by atoms with E-state index in [9.17, 15) is 0 Å². The Balaban J connectivity index is 1.63. The number of hydrogen-bond donors (Lipinski definition) is 2. The van der Waals surface area contributed by atoms with Crippen molar-refractivity contribution < 1.29 is 0 Å². The van der Waals surface area contributed by atoms with Crippen molar-refractivity contribution in [2.45, 2.75) is 25.4 Å². The number of likely N-dealkylation sites (tertiary alicyclic amines) is 1. The zero-order chi connectivity index (χ0) is 12.4. The number of aromatic amines is 1. The van der Waals surface area contributed by atoms with Crippen LogP contribution in [0.25, 0.3) is 11.0 Å². The summed E-state index contributed by atoms with van der Waals surface area (Å²) >= 11 is 0. The summed E-state index contributed by atoms with van der Waals surface area (Å²) in [6.45, 7) is 3.33. The minimum Gasteiger partial charge on any atom is -0.346 e. The molecule has 96 valence electrons. The van der Waals surface area contributed by atoms with Gasteiger partial charge in [0.25, 0.3) is 0 Å². The van der Waals surface area contributed by atoms with E-state index in [0.29, 0.717) is 6.04 Å². The standard InChI is InChI=1S/C14H20N4/c1-18-7-4-12(5-8-18)16-9-11-10-17-14-13(11)3-2-6-15-14/h2-3,6,10,12,16H,4-5,7-9H2,1H3,(H,15,17). The van der Waals surface area contributed by atoms with Crippen molar-refractivity contribution >= 4 is 11.0 Å². The smallest absolute Gasteiger partial charge is 0.137 e. The normalized spacial score (nSPS) is 18.5. The zero-order valence-electron chi connectivity index (χ0n) is 10.8. The summed E-state index contributed by atoms with van der Waals surface area (Å²) in [6, 6.07) is 4.78. The molecule has 0 bridgehead atoms. The second kappa shape index (κ2) is 5.08. The van der Waals surface area contributed by atoms with E-state index in [-0.39, 0.29) is 0 Å². The van der Waals surface area contributed by atoms with Gasteiger partial charge in [0.05, 0.1) is 0 Å². The van der Waals surface area contributed by atoms with Gasteiger partial charge in [-0.05, 0) is 50.7 Å². The van der Waals surface area contributed by atoms with E-state index >= 15 is 0 Å². The highest BCUT2D eigenvalue weighted by atomic mass is 15.1. The van der Waals surface area contributed by atoms with Gasteiger partial charge < -0.3 is 15.2 Å². The number of rotatable bonds is 3. The molecule has 0 spiro atoms. The summed E-state index contributed by atoms with van der Waals surface area (Å²) in [5, 5.41) is 4.90. The van der Waals surface area contributed by atoms with Gasteiger partial charge in [0.2, 0.25) is 0 Å². The lowest BCUT2D eigenvalue weighted by molar-refractivity contribution is 0.234. The lowest BCUT2D eigenvalue weighted by Crippen LogP contribution is -2.40. The Kier molecular flexibility index (Phi) is 3.30. The molecular weight excluding hydrogens is 224 g/mol. The highest BCUT2D eigenvalue weighted by Gasteiger charge is 2.16. The van der Waals surface area contributed by atoms with Crippen molar-refractivity contribution in [3.05, 3.63) is 30.1 Å². The second-order valence-corrected chi connectivity index (χ2v) is 5.17. The Morgan fingerprint density at radius 1 is 1.44 bits per heavy atom. The third kappa shape index (κ3) is 2.40. The highest BCUT2D eigenvalue weighted by molar-refractivity contribution is 5.79. The summed E-state index contributed by atoms with van der Waals surface area (Å²) < 4.78 is 0. The predicted octanol–water partition coefficient (Wildman–Crippen LogP) is 1.75. The van der Waals surface area contributed by atoms with Crippen molar-refractivity contribution in [2.75, 3.05) is 20.1 Å². The number of H-pyrrole nitrogens is 1. The van der Waals surface area contributed by atoms with Crippen molar-refractivity contribution in [1.82, 2.24) is 20.2 Å². The lowest BCUT2D eigenvalue weighted by Gasteiger charge is -2.29. The van der Waals surface area contributed by atoms with Crippen LogP contribution < -0.4 is 5.32 Å². The van der Waals surface area contributed by atoms with Crippen molar-refractivity contribution in [2.24, 2.45) is 0 Å². The molecule has 2 aromatic rings. The molecule has 3 rings (SSSR count). The minimum absolute atomic E-state index is 0.655. The van der Waals surface area contributed by atoms with Gasteiger partial charge in [0.1, 0.15) is 5.65 Å². The Bertz CT molecular complexity index is 511. The van der Waals surface area contributed by atoms with Crippen molar-refractivity contribution in [3.8, 4) is 0 Å². The molecule has 1 aliphatic rings. The van der Waals surface area contributed by atoms with Crippen molar-refractivity contribution in [3.63, 3.8) is 0 Å². The summed E-state index contributed by atoms with van der Waals surface area (Å²) in [5.41, 5.74) is 2.30. The van der Waals surface area contributed by atoms with Crippen LogP contribution in [0.4, 0.5) is 0 Å². The van der Waals surface area contributed by atoms with Crippen LogP contribution in [0.1, 0.15) is 18.4 Å². The number of aromatic nitrogens is 2. The monoisotopic (exact) mass is 244 g/mol. The molecule has 0 amide bonds. The quantitative estimate of drug-likeness (QED) is 0.864. The molecule has 1 fully saturated rings. The van der Waals surface area contributed by atoms with Crippen LogP contribution in [0.15, 0.2) is 24.5 Å². The molecule has 1 saturated heterocycles. The van der Waals surface area contributed by atoms with E-state index in [1.54, 1.807) is 0 Å². The zero-order valence-corrected chi connectivity index (χ0v) is 10.8. The van der Waals surface area contributed by atoms with Gasteiger partial charge in [0, 0.05) is 30.4 Å². The third-order valence-corrected chi connectivity index (χ3v) is 3.84. The number of fused-ring (bicyclic) bond motifs is 1. The number of nitrogens with zero attached hydrogens (tertiary/aromatic N) is 2. The van der Waals surface area contributed by atoms with Gasteiger partial charge in [-0.15, -0.1) is 0 Å². The van der Waals surface area contributed by atoms with Crippen LogP contribution in [0.5, 0.6) is 0 Å². The van der Waals surface area contributed by atoms with Crippen LogP contribution in [0.3, 0.4) is 0 Å². The molecule has 0 atom stereocenters. The van der Waals surface area contributed by atoms with Crippen LogP contribution >= 0.6 is 0 Å². The van der Waals surface area contributed by atoms with Gasteiger partial charge in [-0.25, -0.2) is 4.98 Å². The largest absolute Gasteiger partial charge is 0.346 e. The number of hydrogen-bond acceptors (Lipinski definition) is 3. The maximum absolute atomic E-state index is 4.32. The third-order valence-electron chi connectivity index (χ3n) is 3.84. The highest BCUT2D eigenvalue weighted by Crippen LogP contribution is 2.16. The van der Waals surface area contributed by atoms with Gasteiger partial charge in [-0.3, -0.25) is 0 Å². The molecule has 1 aliphatic heterocycles. The molecule has 4 heteroatoms. The first kappa shape index (κ1) is 11.7. The molecule has 0 aliphatic carbocycles. The molecule has 2 aromatic heterocycles. The average Bonchev–Trinajstić information content (AvgIpc) is 2.82. The van der Waals surface area contributed by atoms with Crippen LogP contribution in [0.2, 0.25) is 0 Å². The summed E-state index contributed by atoms with van der Waals surface area (Å²) in [4.78, 5) is 9.94. The first-order valence-corrected chi connectivity index (χ1v) is 6.66. The fourth-order valence-electron chi connectivity index (χ4n) is 2.63. The number of nitrogens with one attached hydrogen (secondary N) is 2. The molecular formula is C14H20N4. The van der Waals surface area contributed by atoms with Gasteiger partial charge in [-0.1, -0.05) is 0 Å². The molecule has 4 nitrogen and oxygen atoms in total. The van der Waals surface area contributed by atoms with Crippen molar-refractivity contribution in [1.29, 1.82) is 0 Å². The Labute approximate surface area is 107 Å². The average molecular weight is 244 g/mol.